The van der Waals surface area contributed by atoms with Crippen molar-refractivity contribution in [1.82, 2.24) is 0 Å². The van der Waals surface area contributed by atoms with Crippen LogP contribution in [0.3, 0.4) is 0 Å². The van der Waals surface area contributed by atoms with E-state index in [0.717, 1.165) is 0 Å². The molecule has 0 N–H and O–H groups in total. The molecule has 0 bridgehead atoms. The molecule has 13 heavy (non-hydrogen) atoms. The van der Waals surface area contributed by atoms with Crippen LogP contribution in [-0.2, 0) is 9.31 Å². The Bertz CT molecular complexity index is 136. The highest BCUT2D eigenvalue weighted by atomic mass is 16.6. The lowest BCUT2D eigenvalue weighted by Crippen LogP contribution is -2.37. The van der Waals surface area contributed by atoms with E-state index in [0.29, 0.717) is 11.7 Å². The quantitative estimate of drug-likeness (QED) is 0.628. The van der Waals surface area contributed by atoms with Crippen molar-refractivity contribution in [2.24, 2.45) is 11.3 Å². The fourth-order valence-electron chi connectivity index (χ4n) is 2.11. The Hall–Kier alpha value is -0.0151. The van der Waals surface area contributed by atoms with Crippen LogP contribution in [0.15, 0.2) is 0 Å². The topological polar surface area (TPSA) is 18.5 Å². The van der Waals surface area contributed by atoms with Gasteiger partial charge in [0, 0.05) is 20.0 Å². The summed E-state index contributed by atoms with van der Waals surface area (Å²) < 4.78 is 10.7. The van der Waals surface area contributed by atoms with Crippen molar-refractivity contribution in [2.45, 2.75) is 40.4 Å². The van der Waals surface area contributed by atoms with E-state index in [4.69, 9.17) is 9.31 Å². The van der Waals surface area contributed by atoms with Gasteiger partial charge in [0.05, 0.1) is 0 Å². The predicted octanol–water partition coefficient (Wildman–Crippen LogP) is 2.84. The molecule has 0 aromatic carbocycles. The zero-order valence-corrected chi connectivity index (χ0v) is 10.0. The molecule has 0 aromatic heterocycles. The van der Waals surface area contributed by atoms with Crippen molar-refractivity contribution in [3.63, 3.8) is 0 Å². The molecule has 0 aliphatic rings. The minimum Gasteiger partial charge on any atom is -0.414 e. The SMILES string of the molecule is COB(OC)C(C(C)C)C(C)(C)C. The molecule has 3 heteroatoms. The smallest absolute Gasteiger partial charge is 0.414 e. The second kappa shape index (κ2) is 5.01. The van der Waals surface area contributed by atoms with E-state index in [2.05, 4.69) is 34.6 Å². The highest BCUT2D eigenvalue weighted by molar-refractivity contribution is 6.46. The van der Waals surface area contributed by atoms with Gasteiger partial charge in [-0.1, -0.05) is 34.6 Å². The maximum Gasteiger partial charge on any atom is 0.460 e. The molecule has 0 aromatic rings. The molecule has 0 saturated heterocycles. The first-order valence-electron chi connectivity index (χ1n) is 4.90. The molecule has 0 aliphatic heterocycles. The average molecular weight is 186 g/mol. The van der Waals surface area contributed by atoms with Gasteiger partial charge >= 0.3 is 7.12 Å². The summed E-state index contributed by atoms with van der Waals surface area (Å²) in [5, 5.41) is 0. The maximum absolute atomic E-state index is 5.33. The van der Waals surface area contributed by atoms with Crippen LogP contribution in [0.1, 0.15) is 34.6 Å². The van der Waals surface area contributed by atoms with Crippen LogP contribution >= 0.6 is 0 Å². The first-order valence-corrected chi connectivity index (χ1v) is 4.90. The van der Waals surface area contributed by atoms with E-state index < -0.39 is 0 Å². The summed E-state index contributed by atoms with van der Waals surface area (Å²) >= 11 is 0. The Balaban J connectivity index is 4.59. The summed E-state index contributed by atoms with van der Waals surface area (Å²) in [4.78, 5) is 0. The Kier molecular flexibility index (Phi) is 5.01. The molecular weight excluding hydrogens is 163 g/mol. The lowest BCUT2D eigenvalue weighted by atomic mass is 9.54. The van der Waals surface area contributed by atoms with E-state index in [1.807, 2.05) is 0 Å². The van der Waals surface area contributed by atoms with Crippen molar-refractivity contribution in [3.8, 4) is 0 Å². The second-order valence-corrected chi connectivity index (χ2v) is 4.98. The maximum atomic E-state index is 5.33. The molecule has 1 unspecified atom stereocenters. The predicted molar refractivity (Wildman–Crippen MR) is 57.8 cm³/mol. The van der Waals surface area contributed by atoms with E-state index >= 15 is 0 Å². The summed E-state index contributed by atoms with van der Waals surface area (Å²) in [5.41, 5.74) is 0.213. The third-order valence-electron chi connectivity index (χ3n) is 2.48. The molecule has 0 saturated carbocycles. The van der Waals surface area contributed by atoms with Gasteiger partial charge in [0.25, 0.3) is 0 Å². The van der Waals surface area contributed by atoms with Gasteiger partial charge in [-0.25, -0.2) is 0 Å². The molecule has 0 aliphatic carbocycles. The van der Waals surface area contributed by atoms with Gasteiger partial charge < -0.3 is 9.31 Å². The van der Waals surface area contributed by atoms with Gasteiger partial charge in [0.15, 0.2) is 0 Å². The largest absolute Gasteiger partial charge is 0.460 e. The molecule has 0 fully saturated rings. The zero-order valence-electron chi connectivity index (χ0n) is 10.0. The standard InChI is InChI=1S/C10H23BO2/c1-8(2)9(10(3,4)5)11(12-6)13-7/h8-9H,1-7H3. The van der Waals surface area contributed by atoms with Gasteiger partial charge in [-0.3, -0.25) is 0 Å². The molecular formula is C10H23BO2. The van der Waals surface area contributed by atoms with Gasteiger partial charge in [0.1, 0.15) is 0 Å². The minimum absolute atomic E-state index is 0.0972. The highest BCUT2D eigenvalue weighted by Crippen LogP contribution is 2.39. The van der Waals surface area contributed by atoms with E-state index in [9.17, 15) is 0 Å². The summed E-state index contributed by atoms with van der Waals surface area (Å²) in [5.74, 6) is 0.979. The normalized spacial score (nSPS) is 14.8. The Morgan fingerprint density at radius 2 is 1.38 bits per heavy atom. The Morgan fingerprint density at radius 1 is 1.00 bits per heavy atom. The molecule has 78 valence electrons. The number of rotatable bonds is 4. The lowest BCUT2D eigenvalue weighted by Gasteiger charge is -2.35. The van der Waals surface area contributed by atoms with E-state index in [1.165, 1.54) is 0 Å². The van der Waals surface area contributed by atoms with Crippen LogP contribution in [0.4, 0.5) is 0 Å². The molecule has 0 amide bonds. The first-order chi connectivity index (χ1) is 5.84. The second-order valence-electron chi connectivity index (χ2n) is 4.98. The van der Waals surface area contributed by atoms with Crippen LogP contribution < -0.4 is 0 Å². The van der Waals surface area contributed by atoms with Gasteiger partial charge in [0.2, 0.25) is 0 Å². The average Bonchev–Trinajstić information content (AvgIpc) is 1.96. The molecule has 2 nitrogen and oxygen atoms in total. The van der Waals surface area contributed by atoms with Crippen LogP contribution in [0.25, 0.3) is 0 Å². The van der Waals surface area contributed by atoms with Crippen molar-refractivity contribution >= 4 is 7.12 Å². The van der Waals surface area contributed by atoms with E-state index in [-0.39, 0.29) is 12.5 Å². The molecule has 0 spiro atoms. The first kappa shape index (κ1) is 13.0. The fraction of sp³-hybridized carbons (Fsp3) is 1.00. The molecule has 0 heterocycles. The summed E-state index contributed by atoms with van der Waals surface area (Å²) in [6, 6.07) is 0. The lowest BCUT2D eigenvalue weighted by molar-refractivity contribution is 0.204. The van der Waals surface area contributed by atoms with Crippen LogP contribution in [0.5, 0.6) is 0 Å². The Morgan fingerprint density at radius 3 is 1.46 bits per heavy atom. The zero-order chi connectivity index (χ0) is 10.6. The third-order valence-corrected chi connectivity index (χ3v) is 2.48. The van der Waals surface area contributed by atoms with Crippen molar-refractivity contribution in [1.29, 1.82) is 0 Å². The van der Waals surface area contributed by atoms with E-state index in [1.54, 1.807) is 14.2 Å². The molecule has 0 rings (SSSR count). The summed E-state index contributed by atoms with van der Waals surface area (Å²) in [6.07, 6.45) is 0. The molecule has 0 radical (unpaired) electrons. The van der Waals surface area contributed by atoms with Crippen molar-refractivity contribution < 1.29 is 9.31 Å². The van der Waals surface area contributed by atoms with Crippen LogP contribution in [0, 0.1) is 11.3 Å². The van der Waals surface area contributed by atoms with Gasteiger partial charge in [-0.05, 0) is 11.3 Å². The van der Waals surface area contributed by atoms with Crippen molar-refractivity contribution in [3.05, 3.63) is 0 Å². The highest BCUT2D eigenvalue weighted by Gasteiger charge is 2.39. The van der Waals surface area contributed by atoms with Crippen LogP contribution in [0.2, 0.25) is 5.82 Å². The van der Waals surface area contributed by atoms with Crippen molar-refractivity contribution in [2.75, 3.05) is 14.2 Å². The summed E-state index contributed by atoms with van der Waals surface area (Å²) in [6.45, 7) is 11.1. The third kappa shape index (κ3) is 3.69. The molecule has 1 atom stereocenters. The van der Waals surface area contributed by atoms with Gasteiger partial charge in [-0.15, -0.1) is 0 Å². The Labute approximate surface area is 83.1 Å². The minimum atomic E-state index is -0.0972. The number of hydrogen-bond donors (Lipinski definition) is 0. The monoisotopic (exact) mass is 186 g/mol. The van der Waals surface area contributed by atoms with Crippen LogP contribution in [-0.4, -0.2) is 21.3 Å². The fourth-order valence-corrected chi connectivity index (χ4v) is 2.11. The van der Waals surface area contributed by atoms with Gasteiger partial charge in [-0.2, -0.15) is 0 Å². The number of hydrogen-bond acceptors (Lipinski definition) is 2. The summed E-state index contributed by atoms with van der Waals surface area (Å²) in [7, 11) is 3.31.